The minimum Gasteiger partial charge on any atom is -0.456 e. The first kappa shape index (κ1) is 12.7. The van der Waals surface area contributed by atoms with Crippen LogP contribution in [0.3, 0.4) is 0 Å². The molecule has 4 nitrogen and oxygen atoms in total. The molecule has 3 rings (SSSR count). The fraction of sp³-hybridized carbons (Fsp3) is 0.667. The Morgan fingerprint density at radius 1 is 1.32 bits per heavy atom. The molecular weight excluding hydrogens is 240 g/mol. The molecule has 2 bridgehead atoms. The molecule has 3 heterocycles. The van der Waals surface area contributed by atoms with Gasteiger partial charge < -0.3 is 14.6 Å². The van der Waals surface area contributed by atoms with Crippen LogP contribution in [0.2, 0.25) is 0 Å². The molecular formula is C15H22N2O2. The number of nitrogens with one attached hydrogen (secondary N) is 1. The Kier molecular flexibility index (Phi) is 3.13. The van der Waals surface area contributed by atoms with Crippen LogP contribution in [0, 0.1) is 13.8 Å². The van der Waals surface area contributed by atoms with E-state index in [1.807, 2.05) is 31.9 Å². The zero-order chi connectivity index (χ0) is 13.6. The number of fused-ring (bicyclic) bond motifs is 2. The summed E-state index contributed by atoms with van der Waals surface area (Å²) in [4.78, 5) is 14.4. The number of aryl methyl sites for hydroxylation is 2. The second kappa shape index (κ2) is 4.67. The zero-order valence-corrected chi connectivity index (χ0v) is 11.9. The molecule has 0 spiro atoms. The first-order valence-electron chi connectivity index (χ1n) is 7.15. The molecule has 2 saturated heterocycles. The van der Waals surface area contributed by atoms with E-state index in [0.717, 1.165) is 24.2 Å². The molecule has 2 fully saturated rings. The fourth-order valence-electron chi connectivity index (χ4n) is 3.52. The summed E-state index contributed by atoms with van der Waals surface area (Å²) in [5, 5.41) is 3.61. The molecule has 0 aromatic carbocycles. The van der Waals surface area contributed by atoms with E-state index < -0.39 is 0 Å². The lowest BCUT2D eigenvalue weighted by Gasteiger charge is -2.35. The van der Waals surface area contributed by atoms with Gasteiger partial charge in [0.1, 0.15) is 5.76 Å². The Labute approximate surface area is 114 Å². The third kappa shape index (κ3) is 2.29. The van der Waals surface area contributed by atoms with Crippen molar-refractivity contribution in [3.05, 3.63) is 23.2 Å². The van der Waals surface area contributed by atoms with Gasteiger partial charge in [-0.3, -0.25) is 4.79 Å². The van der Waals surface area contributed by atoms with Gasteiger partial charge in [-0.1, -0.05) is 0 Å². The van der Waals surface area contributed by atoms with Gasteiger partial charge >= 0.3 is 0 Å². The summed E-state index contributed by atoms with van der Waals surface area (Å²) >= 11 is 0. The lowest BCUT2D eigenvalue weighted by molar-refractivity contribution is 0.0647. The molecule has 1 amide bonds. The van der Waals surface area contributed by atoms with Crippen LogP contribution in [0.15, 0.2) is 10.5 Å². The number of carbonyl (C=O) groups is 1. The van der Waals surface area contributed by atoms with Gasteiger partial charge in [0.05, 0.1) is 0 Å². The quantitative estimate of drug-likeness (QED) is 0.889. The topological polar surface area (TPSA) is 45.5 Å². The molecule has 4 heteroatoms. The fourth-order valence-corrected chi connectivity index (χ4v) is 3.52. The third-order valence-corrected chi connectivity index (χ3v) is 4.55. The molecule has 104 valence electrons. The predicted octanol–water partition coefficient (Wildman–Crippen LogP) is 2.25. The number of carbonyl (C=O) groups excluding carboxylic acids is 1. The summed E-state index contributed by atoms with van der Waals surface area (Å²) in [6.07, 6.45) is 4.64. The Hall–Kier alpha value is -1.29. The molecule has 2 atom stereocenters. The average Bonchev–Trinajstić information content (AvgIpc) is 2.89. The minimum absolute atomic E-state index is 0.0249. The summed E-state index contributed by atoms with van der Waals surface area (Å²) in [6, 6.07) is 3.46. The first-order chi connectivity index (χ1) is 9.04. The van der Waals surface area contributed by atoms with Gasteiger partial charge in [-0.2, -0.15) is 0 Å². The van der Waals surface area contributed by atoms with Gasteiger partial charge in [0, 0.05) is 30.7 Å². The smallest absolute Gasteiger partial charge is 0.289 e. The largest absolute Gasteiger partial charge is 0.456 e. The third-order valence-electron chi connectivity index (χ3n) is 4.55. The van der Waals surface area contributed by atoms with Gasteiger partial charge in [0.25, 0.3) is 5.91 Å². The van der Waals surface area contributed by atoms with Crippen molar-refractivity contribution >= 4 is 5.91 Å². The van der Waals surface area contributed by atoms with E-state index in [2.05, 4.69) is 5.32 Å². The molecule has 2 aliphatic rings. The van der Waals surface area contributed by atoms with E-state index in [4.69, 9.17) is 4.42 Å². The van der Waals surface area contributed by atoms with Crippen LogP contribution in [-0.2, 0) is 0 Å². The highest BCUT2D eigenvalue weighted by Crippen LogP contribution is 2.30. The van der Waals surface area contributed by atoms with Gasteiger partial charge in [0.15, 0.2) is 5.76 Å². The standard InChI is InChI=1S/C15H22N2O2/c1-9-6-10(2)19-14(9)15(18)17(3)13-7-11-4-5-12(8-13)16-11/h6,11-13,16H,4-5,7-8H2,1-3H3. The predicted molar refractivity (Wildman–Crippen MR) is 73.2 cm³/mol. The molecule has 2 unspecified atom stereocenters. The number of rotatable bonds is 2. The second-order valence-corrected chi connectivity index (χ2v) is 6.05. The second-order valence-electron chi connectivity index (χ2n) is 6.05. The Balaban J connectivity index is 1.75. The maximum atomic E-state index is 12.5. The van der Waals surface area contributed by atoms with Crippen LogP contribution in [-0.4, -0.2) is 36.0 Å². The van der Waals surface area contributed by atoms with Gasteiger partial charge in [-0.25, -0.2) is 0 Å². The molecule has 0 saturated carbocycles. The molecule has 1 aromatic rings. The van der Waals surface area contributed by atoms with Gasteiger partial charge in [-0.05, 0) is 45.6 Å². The number of furan rings is 1. The Morgan fingerprint density at radius 3 is 2.47 bits per heavy atom. The van der Waals surface area contributed by atoms with Crippen molar-refractivity contribution < 1.29 is 9.21 Å². The van der Waals surface area contributed by atoms with Crippen molar-refractivity contribution in [3.63, 3.8) is 0 Å². The van der Waals surface area contributed by atoms with Crippen LogP contribution in [0.5, 0.6) is 0 Å². The summed E-state index contributed by atoms with van der Waals surface area (Å²) < 4.78 is 5.55. The Bertz CT molecular complexity index is 482. The van der Waals surface area contributed by atoms with E-state index in [1.54, 1.807) is 0 Å². The van der Waals surface area contributed by atoms with Crippen molar-refractivity contribution in [1.82, 2.24) is 10.2 Å². The van der Waals surface area contributed by atoms with Crippen molar-refractivity contribution in [2.45, 2.75) is 57.7 Å². The van der Waals surface area contributed by atoms with Crippen molar-refractivity contribution in [1.29, 1.82) is 0 Å². The van der Waals surface area contributed by atoms with Crippen LogP contribution < -0.4 is 5.32 Å². The molecule has 19 heavy (non-hydrogen) atoms. The number of hydrogen-bond donors (Lipinski definition) is 1. The zero-order valence-electron chi connectivity index (χ0n) is 11.9. The lowest BCUT2D eigenvalue weighted by Crippen LogP contribution is -2.48. The number of hydrogen-bond acceptors (Lipinski definition) is 3. The maximum absolute atomic E-state index is 12.5. The van der Waals surface area contributed by atoms with Crippen molar-refractivity contribution in [2.75, 3.05) is 7.05 Å². The van der Waals surface area contributed by atoms with Crippen LogP contribution in [0.25, 0.3) is 0 Å². The van der Waals surface area contributed by atoms with Gasteiger partial charge in [-0.15, -0.1) is 0 Å². The molecule has 1 aromatic heterocycles. The minimum atomic E-state index is 0.0249. The van der Waals surface area contributed by atoms with E-state index in [1.165, 1.54) is 12.8 Å². The number of piperidine rings is 1. The van der Waals surface area contributed by atoms with Crippen LogP contribution in [0.1, 0.15) is 47.6 Å². The normalized spacial score (nSPS) is 29.5. The molecule has 1 N–H and O–H groups in total. The van der Waals surface area contributed by atoms with Crippen LogP contribution >= 0.6 is 0 Å². The molecule has 0 radical (unpaired) electrons. The van der Waals surface area contributed by atoms with Gasteiger partial charge in [0.2, 0.25) is 0 Å². The SMILES string of the molecule is Cc1cc(C)c(C(=O)N(C)C2CC3CCC(C2)N3)o1. The van der Waals surface area contributed by atoms with E-state index in [0.29, 0.717) is 23.9 Å². The van der Waals surface area contributed by atoms with E-state index in [9.17, 15) is 4.79 Å². The average molecular weight is 262 g/mol. The number of amides is 1. The van der Waals surface area contributed by atoms with E-state index in [-0.39, 0.29) is 5.91 Å². The highest BCUT2D eigenvalue weighted by molar-refractivity contribution is 5.93. The molecule has 2 aliphatic heterocycles. The van der Waals surface area contributed by atoms with E-state index >= 15 is 0 Å². The summed E-state index contributed by atoms with van der Waals surface area (Å²) in [6.45, 7) is 3.82. The monoisotopic (exact) mass is 262 g/mol. The van der Waals surface area contributed by atoms with Crippen molar-refractivity contribution in [3.8, 4) is 0 Å². The molecule has 0 aliphatic carbocycles. The highest BCUT2D eigenvalue weighted by Gasteiger charge is 2.37. The summed E-state index contributed by atoms with van der Waals surface area (Å²) in [5.41, 5.74) is 0.936. The Morgan fingerprint density at radius 2 is 1.95 bits per heavy atom. The van der Waals surface area contributed by atoms with Crippen LogP contribution in [0.4, 0.5) is 0 Å². The van der Waals surface area contributed by atoms with Crippen molar-refractivity contribution in [2.24, 2.45) is 0 Å². The summed E-state index contributed by atoms with van der Waals surface area (Å²) in [5.74, 6) is 1.34. The number of nitrogens with zero attached hydrogens (tertiary/aromatic N) is 1. The first-order valence-corrected chi connectivity index (χ1v) is 7.15. The lowest BCUT2D eigenvalue weighted by atomic mass is 9.98. The maximum Gasteiger partial charge on any atom is 0.289 e. The summed E-state index contributed by atoms with van der Waals surface area (Å²) in [7, 11) is 1.91. The highest BCUT2D eigenvalue weighted by atomic mass is 16.4.